The Kier molecular flexibility index (Phi) is 3.00. The molecule has 6 heteroatoms. The number of rotatable bonds is 2. The number of imidazole rings is 1. The third kappa shape index (κ3) is 2.34. The second-order valence-electron chi connectivity index (χ2n) is 5.36. The minimum absolute atomic E-state index is 0.0365. The van der Waals surface area contributed by atoms with Crippen LogP contribution in [0.1, 0.15) is 19.2 Å². The van der Waals surface area contributed by atoms with Gasteiger partial charge in [-0.2, -0.15) is 0 Å². The molecule has 1 unspecified atom stereocenters. The van der Waals surface area contributed by atoms with Crippen LogP contribution in [0.5, 0.6) is 0 Å². The van der Waals surface area contributed by atoms with Gasteiger partial charge in [-0.3, -0.25) is 9.59 Å². The summed E-state index contributed by atoms with van der Waals surface area (Å²) in [5, 5.41) is 3.08. The molecule has 19 heavy (non-hydrogen) atoms. The van der Waals surface area contributed by atoms with Crippen LogP contribution in [-0.4, -0.2) is 45.4 Å². The zero-order valence-corrected chi connectivity index (χ0v) is 11.0. The highest BCUT2D eigenvalue weighted by Gasteiger charge is 2.35. The highest BCUT2D eigenvalue weighted by Crippen LogP contribution is 2.18. The lowest BCUT2D eigenvalue weighted by Crippen LogP contribution is -2.56. The van der Waals surface area contributed by atoms with Gasteiger partial charge >= 0.3 is 0 Å². The van der Waals surface area contributed by atoms with E-state index in [1.54, 1.807) is 11.1 Å². The van der Waals surface area contributed by atoms with Crippen LogP contribution in [0.15, 0.2) is 12.4 Å². The molecule has 6 nitrogen and oxygen atoms in total. The summed E-state index contributed by atoms with van der Waals surface area (Å²) in [6.45, 7) is 3.56. The summed E-state index contributed by atoms with van der Waals surface area (Å²) in [7, 11) is 0. The summed E-state index contributed by atoms with van der Waals surface area (Å²) >= 11 is 0. The number of nitrogens with zero attached hydrogens (tertiary/aromatic N) is 3. The van der Waals surface area contributed by atoms with Crippen molar-refractivity contribution in [3.63, 3.8) is 0 Å². The molecule has 2 aliphatic heterocycles. The molecule has 1 saturated heterocycles. The minimum Gasteiger partial charge on any atom is -0.352 e. The zero-order chi connectivity index (χ0) is 13.4. The maximum Gasteiger partial charge on any atom is 0.226 e. The maximum atomic E-state index is 12.0. The van der Waals surface area contributed by atoms with E-state index in [0.717, 1.165) is 25.2 Å². The molecule has 0 bridgehead atoms. The summed E-state index contributed by atoms with van der Waals surface area (Å²) < 4.78 is 2.13. The van der Waals surface area contributed by atoms with Gasteiger partial charge < -0.3 is 14.8 Å². The van der Waals surface area contributed by atoms with Gasteiger partial charge in [0.25, 0.3) is 0 Å². The fourth-order valence-electron chi connectivity index (χ4n) is 2.69. The Morgan fingerprint density at radius 1 is 1.42 bits per heavy atom. The van der Waals surface area contributed by atoms with Gasteiger partial charge in [0.2, 0.25) is 11.8 Å². The van der Waals surface area contributed by atoms with E-state index >= 15 is 0 Å². The molecule has 1 aromatic rings. The van der Waals surface area contributed by atoms with Gasteiger partial charge in [0, 0.05) is 51.4 Å². The maximum absolute atomic E-state index is 12.0. The van der Waals surface area contributed by atoms with Crippen LogP contribution >= 0.6 is 0 Å². The largest absolute Gasteiger partial charge is 0.352 e. The molecule has 2 aliphatic rings. The number of aryl methyl sites for hydroxylation is 1. The lowest BCUT2D eigenvalue weighted by molar-refractivity contribution is -0.141. The molecular formula is C13H18N4O2. The number of hydrogen-bond donors (Lipinski definition) is 1. The predicted molar refractivity (Wildman–Crippen MR) is 68.2 cm³/mol. The fourth-order valence-corrected chi connectivity index (χ4v) is 2.69. The number of hydrogen-bond acceptors (Lipinski definition) is 3. The molecular weight excluding hydrogens is 244 g/mol. The average Bonchev–Trinajstić information content (AvgIpc) is 2.73. The average molecular weight is 262 g/mol. The molecule has 1 fully saturated rings. The Hall–Kier alpha value is -1.85. The van der Waals surface area contributed by atoms with Gasteiger partial charge in [0.15, 0.2) is 0 Å². The van der Waals surface area contributed by atoms with E-state index in [4.69, 9.17) is 0 Å². The number of likely N-dealkylation sites (tertiary alicyclic amines) is 1. The van der Waals surface area contributed by atoms with Crippen molar-refractivity contribution in [1.82, 2.24) is 19.8 Å². The van der Waals surface area contributed by atoms with Crippen molar-refractivity contribution in [2.45, 2.75) is 32.4 Å². The van der Waals surface area contributed by atoms with Crippen LogP contribution < -0.4 is 5.32 Å². The first kappa shape index (κ1) is 12.2. The number of nitrogens with one attached hydrogen (secondary N) is 1. The van der Waals surface area contributed by atoms with Crippen LogP contribution in [0, 0.1) is 5.92 Å². The molecule has 2 amide bonds. The molecule has 0 saturated carbocycles. The first-order chi connectivity index (χ1) is 9.13. The van der Waals surface area contributed by atoms with E-state index in [-0.39, 0.29) is 23.8 Å². The van der Waals surface area contributed by atoms with E-state index in [1.165, 1.54) is 6.92 Å². The van der Waals surface area contributed by atoms with Crippen molar-refractivity contribution in [1.29, 1.82) is 0 Å². The van der Waals surface area contributed by atoms with Gasteiger partial charge in [-0.1, -0.05) is 0 Å². The van der Waals surface area contributed by atoms with E-state index in [1.807, 2.05) is 6.20 Å². The number of fused-ring (bicyclic) bond motifs is 1. The van der Waals surface area contributed by atoms with E-state index < -0.39 is 0 Å². The highest BCUT2D eigenvalue weighted by atomic mass is 16.2. The zero-order valence-electron chi connectivity index (χ0n) is 11.0. The van der Waals surface area contributed by atoms with Gasteiger partial charge in [-0.05, 0) is 6.42 Å². The van der Waals surface area contributed by atoms with Crippen molar-refractivity contribution in [3.05, 3.63) is 18.2 Å². The van der Waals surface area contributed by atoms with Crippen molar-refractivity contribution in [2.24, 2.45) is 5.92 Å². The third-order valence-corrected chi connectivity index (χ3v) is 3.99. The minimum atomic E-state index is -0.0365. The third-order valence-electron chi connectivity index (χ3n) is 3.99. The van der Waals surface area contributed by atoms with Crippen LogP contribution in [0.2, 0.25) is 0 Å². The summed E-state index contributed by atoms with van der Waals surface area (Å²) in [4.78, 5) is 29.1. The topological polar surface area (TPSA) is 67.2 Å². The Bertz CT molecular complexity index is 504. The lowest BCUT2D eigenvalue weighted by atomic mass is 9.97. The van der Waals surface area contributed by atoms with E-state index in [9.17, 15) is 9.59 Å². The molecule has 1 atom stereocenters. The van der Waals surface area contributed by atoms with Crippen molar-refractivity contribution in [3.8, 4) is 0 Å². The second-order valence-corrected chi connectivity index (χ2v) is 5.36. The summed E-state index contributed by atoms with van der Waals surface area (Å²) in [5.41, 5.74) is 0. The smallest absolute Gasteiger partial charge is 0.226 e. The Morgan fingerprint density at radius 2 is 2.21 bits per heavy atom. The van der Waals surface area contributed by atoms with Gasteiger partial charge in [-0.25, -0.2) is 4.98 Å². The quantitative estimate of drug-likeness (QED) is 0.802. The van der Waals surface area contributed by atoms with Crippen LogP contribution in [-0.2, 0) is 22.6 Å². The molecule has 3 rings (SSSR count). The Balaban J connectivity index is 1.51. The van der Waals surface area contributed by atoms with Crippen LogP contribution in [0.4, 0.5) is 0 Å². The van der Waals surface area contributed by atoms with Crippen LogP contribution in [0.25, 0.3) is 0 Å². The van der Waals surface area contributed by atoms with Crippen molar-refractivity contribution in [2.75, 3.05) is 13.1 Å². The normalized spacial score (nSPS) is 22.6. The lowest BCUT2D eigenvalue weighted by Gasteiger charge is -2.38. The van der Waals surface area contributed by atoms with E-state index in [2.05, 4.69) is 14.9 Å². The predicted octanol–water partition coefficient (Wildman–Crippen LogP) is -0.208. The van der Waals surface area contributed by atoms with Crippen molar-refractivity contribution < 1.29 is 9.59 Å². The van der Waals surface area contributed by atoms with E-state index in [0.29, 0.717) is 13.1 Å². The Morgan fingerprint density at radius 3 is 2.95 bits per heavy atom. The highest BCUT2D eigenvalue weighted by molar-refractivity contribution is 5.83. The molecule has 0 aromatic carbocycles. The fraction of sp³-hybridized carbons (Fsp3) is 0.615. The number of carbonyl (C=O) groups excluding carboxylic acids is 2. The molecule has 1 N–H and O–H groups in total. The first-order valence-electron chi connectivity index (χ1n) is 6.69. The van der Waals surface area contributed by atoms with Gasteiger partial charge in [-0.15, -0.1) is 0 Å². The molecule has 102 valence electrons. The monoisotopic (exact) mass is 262 g/mol. The summed E-state index contributed by atoms with van der Waals surface area (Å²) in [5.74, 6) is 1.12. The van der Waals surface area contributed by atoms with Crippen molar-refractivity contribution >= 4 is 11.8 Å². The molecule has 3 heterocycles. The summed E-state index contributed by atoms with van der Waals surface area (Å²) in [6.07, 6.45) is 5.51. The SMILES string of the molecule is CC(=O)N1CC(C(=O)NC2CCn3ccnc3C2)C1. The number of amides is 2. The van der Waals surface area contributed by atoms with Gasteiger partial charge in [0.05, 0.1) is 5.92 Å². The molecule has 1 aromatic heterocycles. The second kappa shape index (κ2) is 4.68. The van der Waals surface area contributed by atoms with Crippen LogP contribution in [0.3, 0.4) is 0 Å². The molecule has 0 aliphatic carbocycles. The number of carbonyl (C=O) groups is 2. The summed E-state index contributed by atoms with van der Waals surface area (Å²) in [6, 6.07) is 0.175. The molecule has 0 spiro atoms. The Labute approximate surface area is 111 Å². The molecule has 0 radical (unpaired) electrons. The van der Waals surface area contributed by atoms with Gasteiger partial charge in [0.1, 0.15) is 5.82 Å². The first-order valence-corrected chi connectivity index (χ1v) is 6.69. The number of aromatic nitrogens is 2. The standard InChI is InChI=1S/C13H18N4O2/c1-9(18)17-7-10(8-17)13(19)15-11-2-4-16-5-3-14-12(16)6-11/h3,5,10-11H,2,4,6-8H2,1H3,(H,15,19).